The molecule has 0 aromatic heterocycles. The first kappa shape index (κ1) is 14.8. The molecule has 2 aromatic rings. The molecular weight excluding hydrogens is 298 g/mol. The molecule has 114 valence electrons. The zero-order valence-electron chi connectivity index (χ0n) is 12.2. The topological polar surface area (TPSA) is 54.5 Å². The van der Waals surface area contributed by atoms with Gasteiger partial charge in [-0.25, -0.2) is 8.42 Å². The van der Waals surface area contributed by atoms with E-state index in [0.717, 1.165) is 5.56 Å². The predicted octanol–water partition coefficient (Wildman–Crippen LogP) is 2.43. The number of likely N-dealkylation sites (tertiary alicyclic amines) is 1. The Hall–Kier alpha value is -2.14. The minimum Gasteiger partial charge on any atom is -0.337 e. The maximum Gasteiger partial charge on any atom is 0.224 e. The highest BCUT2D eigenvalue weighted by atomic mass is 32.2. The monoisotopic (exact) mass is 315 g/mol. The van der Waals surface area contributed by atoms with E-state index in [0.29, 0.717) is 0 Å². The highest BCUT2D eigenvalue weighted by Crippen LogP contribution is 2.38. The molecule has 22 heavy (non-hydrogen) atoms. The summed E-state index contributed by atoms with van der Waals surface area (Å²) < 4.78 is 25.9. The average molecular weight is 315 g/mol. The third-order valence-electron chi connectivity index (χ3n) is 4.15. The smallest absolute Gasteiger partial charge is 0.224 e. The van der Waals surface area contributed by atoms with Crippen LogP contribution < -0.4 is 0 Å². The zero-order valence-corrected chi connectivity index (χ0v) is 13.0. The summed E-state index contributed by atoms with van der Waals surface area (Å²) in [6.45, 7) is 0. The van der Waals surface area contributed by atoms with Crippen LogP contribution in [0.1, 0.15) is 18.0 Å². The van der Waals surface area contributed by atoms with Crippen LogP contribution in [-0.2, 0) is 14.6 Å². The molecule has 1 aliphatic rings. The van der Waals surface area contributed by atoms with Gasteiger partial charge in [0.05, 0.1) is 16.2 Å². The van der Waals surface area contributed by atoms with E-state index in [1.807, 2.05) is 30.3 Å². The van der Waals surface area contributed by atoms with Crippen LogP contribution in [0.15, 0.2) is 65.6 Å². The Kier molecular flexibility index (Phi) is 3.74. The number of amides is 1. The van der Waals surface area contributed by atoms with Gasteiger partial charge in [0, 0.05) is 13.5 Å². The van der Waals surface area contributed by atoms with Crippen molar-refractivity contribution < 1.29 is 13.2 Å². The van der Waals surface area contributed by atoms with Crippen molar-refractivity contribution in [2.45, 2.75) is 22.6 Å². The van der Waals surface area contributed by atoms with Gasteiger partial charge in [-0.15, -0.1) is 0 Å². The Morgan fingerprint density at radius 1 is 0.955 bits per heavy atom. The third-order valence-corrected chi connectivity index (χ3v) is 6.30. The van der Waals surface area contributed by atoms with Crippen molar-refractivity contribution >= 4 is 15.7 Å². The highest BCUT2D eigenvalue weighted by Gasteiger charge is 2.46. The Bertz CT molecular complexity index is 772. The molecule has 0 bridgehead atoms. The number of sulfone groups is 1. The van der Waals surface area contributed by atoms with Gasteiger partial charge in [-0.05, 0) is 17.7 Å². The van der Waals surface area contributed by atoms with E-state index in [2.05, 4.69) is 0 Å². The lowest BCUT2D eigenvalue weighted by molar-refractivity contribution is -0.127. The summed E-state index contributed by atoms with van der Waals surface area (Å²) in [6, 6.07) is 17.2. The van der Waals surface area contributed by atoms with E-state index in [1.54, 1.807) is 42.3 Å². The van der Waals surface area contributed by atoms with Gasteiger partial charge in [0.2, 0.25) is 5.91 Å². The summed E-state index contributed by atoms with van der Waals surface area (Å²) >= 11 is 0. The molecule has 0 spiro atoms. The first-order valence-electron chi connectivity index (χ1n) is 7.11. The Morgan fingerprint density at radius 2 is 1.50 bits per heavy atom. The molecule has 0 unspecified atom stereocenters. The van der Waals surface area contributed by atoms with Crippen molar-refractivity contribution in [2.24, 2.45) is 0 Å². The molecule has 2 aromatic carbocycles. The number of carbonyl (C=O) groups excluding carboxylic acids is 1. The van der Waals surface area contributed by atoms with E-state index in [-0.39, 0.29) is 17.2 Å². The van der Waals surface area contributed by atoms with Crippen molar-refractivity contribution in [1.29, 1.82) is 0 Å². The van der Waals surface area contributed by atoms with Crippen LogP contribution in [0.4, 0.5) is 0 Å². The standard InChI is InChI=1S/C17H17NO3S/c1-18-16(19)12-15(17(18)13-8-4-2-5-9-13)22(20,21)14-10-6-3-7-11-14/h2-11,15,17H,12H2,1H3/t15-,17+/m0/s1. The van der Waals surface area contributed by atoms with Crippen molar-refractivity contribution in [2.75, 3.05) is 7.05 Å². The second-order valence-electron chi connectivity index (χ2n) is 5.46. The first-order chi connectivity index (χ1) is 10.5. The van der Waals surface area contributed by atoms with Gasteiger partial charge in [0.1, 0.15) is 0 Å². The van der Waals surface area contributed by atoms with Gasteiger partial charge in [0.25, 0.3) is 0 Å². The fourth-order valence-electron chi connectivity index (χ4n) is 2.99. The first-order valence-corrected chi connectivity index (χ1v) is 8.66. The number of nitrogens with zero attached hydrogens (tertiary/aromatic N) is 1. The fraction of sp³-hybridized carbons (Fsp3) is 0.235. The van der Waals surface area contributed by atoms with Crippen LogP contribution in [0, 0.1) is 0 Å². The Balaban J connectivity index is 2.07. The lowest BCUT2D eigenvalue weighted by atomic mass is 10.0. The quantitative estimate of drug-likeness (QED) is 0.874. The summed E-state index contributed by atoms with van der Waals surface area (Å²) in [7, 11) is -1.90. The van der Waals surface area contributed by atoms with Crippen molar-refractivity contribution in [3.63, 3.8) is 0 Å². The van der Waals surface area contributed by atoms with Crippen LogP contribution in [0.3, 0.4) is 0 Å². The van der Waals surface area contributed by atoms with E-state index < -0.39 is 21.1 Å². The number of hydrogen-bond donors (Lipinski definition) is 0. The van der Waals surface area contributed by atoms with Crippen LogP contribution in [0.2, 0.25) is 0 Å². The lowest BCUT2D eigenvalue weighted by Gasteiger charge is -2.25. The summed E-state index contributed by atoms with van der Waals surface area (Å²) in [5.41, 5.74) is 0.848. The third kappa shape index (κ3) is 2.41. The predicted molar refractivity (Wildman–Crippen MR) is 84.0 cm³/mol. The minimum absolute atomic E-state index is 0.0211. The van der Waals surface area contributed by atoms with Gasteiger partial charge in [-0.2, -0.15) is 0 Å². The minimum atomic E-state index is -3.56. The largest absolute Gasteiger partial charge is 0.337 e. The maximum atomic E-state index is 12.9. The summed E-state index contributed by atoms with van der Waals surface area (Å²) in [5.74, 6) is -0.140. The second-order valence-corrected chi connectivity index (χ2v) is 7.63. The molecule has 1 aliphatic heterocycles. The van der Waals surface area contributed by atoms with Crippen LogP contribution >= 0.6 is 0 Å². The van der Waals surface area contributed by atoms with Gasteiger partial charge in [-0.1, -0.05) is 48.5 Å². The molecule has 1 amide bonds. The lowest BCUT2D eigenvalue weighted by Crippen LogP contribution is -2.30. The van der Waals surface area contributed by atoms with Crippen molar-refractivity contribution in [3.05, 3.63) is 66.2 Å². The Morgan fingerprint density at radius 3 is 2.09 bits per heavy atom. The average Bonchev–Trinajstić information content (AvgIpc) is 2.85. The second kappa shape index (κ2) is 5.57. The van der Waals surface area contributed by atoms with E-state index in [9.17, 15) is 13.2 Å². The summed E-state index contributed by atoms with van der Waals surface area (Å²) in [6.07, 6.45) is 0.0211. The van der Waals surface area contributed by atoms with E-state index >= 15 is 0 Å². The molecule has 4 nitrogen and oxygen atoms in total. The molecule has 0 saturated carbocycles. The molecule has 0 radical (unpaired) electrons. The van der Waals surface area contributed by atoms with Crippen LogP contribution in [0.5, 0.6) is 0 Å². The molecule has 0 N–H and O–H groups in total. The maximum absolute atomic E-state index is 12.9. The number of hydrogen-bond acceptors (Lipinski definition) is 3. The van der Waals surface area contributed by atoms with Gasteiger partial charge < -0.3 is 4.90 Å². The van der Waals surface area contributed by atoms with Gasteiger partial charge >= 0.3 is 0 Å². The van der Waals surface area contributed by atoms with Gasteiger partial charge in [-0.3, -0.25) is 4.79 Å². The van der Waals surface area contributed by atoms with E-state index in [4.69, 9.17) is 0 Å². The molecule has 1 heterocycles. The zero-order chi connectivity index (χ0) is 15.7. The molecule has 5 heteroatoms. The van der Waals surface area contributed by atoms with E-state index in [1.165, 1.54) is 0 Å². The van der Waals surface area contributed by atoms with Crippen LogP contribution in [-0.4, -0.2) is 31.5 Å². The molecule has 1 saturated heterocycles. The molecular formula is C17H17NO3S. The normalized spacial score (nSPS) is 22.0. The van der Waals surface area contributed by atoms with Crippen molar-refractivity contribution in [1.82, 2.24) is 4.90 Å². The summed E-state index contributed by atoms with van der Waals surface area (Å²) in [5, 5.41) is -0.755. The molecule has 2 atom stereocenters. The number of benzene rings is 2. The molecule has 3 rings (SSSR count). The fourth-order valence-corrected chi connectivity index (χ4v) is 4.91. The molecule has 1 fully saturated rings. The van der Waals surface area contributed by atoms with Gasteiger partial charge in [0.15, 0.2) is 9.84 Å². The highest BCUT2D eigenvalue weighted by molar-refractivity contribution is 7.92. The molecule has 0 aliphatic carbocycles. The number of rotatable bonds is 3. The van der Waals surface area contributed by atoms with Crippen molar-refractivity contribution in [3.8, 4) is 0 Å². The SMILES string of the molecule is CN1C(=O)C[C@H](S(=O)(=O)c2ccccc2)[C@H]1c1ccccc1. The number of carbonyl (C=O) groups is 1. The summed E-state index contributed by atoms with van der Waals surface area (Å²) in [4.78, 5) is 13.9. The Labute approximate surface area is 130 Å². The van der Waals surface area contributed by atoms with Crippen LogP contribution in [0.25, 0.3) is 0 Å².